The molecule has 29 heavy (non-hydrogen) atoms. The smallest absolute Gasteiger partial charge is 0.341 e. The predicted molar refractivity (Wildman–Crippen MR) is 105 cm³/mol. The van der Waals surface area contributed by atoms with E-state index in [1.807, 2.05) is 0 Å². The Morgan fingerprint density at radius 3 is 2.62 bits per heavy atom. The summed E-state index contributed by atoms with van der Waals surface area (Å²) in [6.45, 7) is 2.55. The third-order valence-electron chi connectivity index (χ3n) is 3.73. The van der Waals surface area contributed by atoms with Crippen molar-refractivity contribution in [3.05, 3.63) is 27.6 Å². The first-order valence-corrected chi connectivity index (χ1v) is 9.54. The molecule has 0 spiro atoms. The van der Waals surface area contributed by atoms with Crippen LogP contribution in [0.3, 0.4) is 0 Å². The summed E-state index contributed by atoms with van der Waals surface area (Å²) in [6, 6.07) is 1.86. The number of imide groups is 1. The number of methoxy groups -OCH3 is 1. The third kappa shape index (κ3) is 5.21. The lowest BCUT2D eigenvalue weighted by Gasteiger charge is -2.19. The molecule has 0 aromatic heterocycles. The quantitative estimate of drug-likeness (QED) is 0.477. The number of hydrogen-bond acceptors (Lipinski definition) is 8. The van der Waals surface area contributed by atoms with Gasteiger partial charge in [-0.3, -0.25) is 14.5 Å². The molecule has 2 amide bonds. The van der Waals surface area contributed by atoms with Crippen LogP contribution in [0.25, 0.3) is 6.08 Å². The molecule has 9 nitrogen and oxygen atoms in total. The van der Waals surface area contributed by atoms with Gasteiger partial charge in [-0.2, -0.15) is 0 Å². The van der Waals surface area contributed by atoms with Crippen molar-refractivity contribution in [1.29, 1.82) is 0 Å². The monoisotopic (exact) mass is 443 g/mol. The number of benzene rings is 1. The molecule has 1 N–H and O–H groups in total. The van der Waals surface area contributed by atoms with Gasteiger partial charge in [-0.25, -0.2) is 9.59 Å². The zero-order chi connectivity index (χ0) is 21.7. The predicted octanol–water partition coefficient (Wildman–Crippen LogP) is 2.80. The molecule has 0 bridgehead atoms. The Kier molecular flexibility index (Phi) is 7.52. The number of esters is 1. The van der Waals surface area contributed by atoms with Crippen molar-refractivity contribution in [2.75, 3.05) is 20.3 Å². The van der Waals surface area contributed by atoms with E-state index < -0.39 is 35.7 Å². The van der Waals surface area contributed by atoms with Gasteiger partial charge in [0.25, 0.3) is 11.1 Å². The first-order valence-electron chi connectivity index (χ1n) is 8.35. The topological polar surface area (TPSA) is 119 Å². The molecular formula is C18H18ClNO8S. The molecule has 0 unspecified atom stereocenters. The van der Waals surface area contributed by atoms with Crippen LogP contribution in [0.15, 0.2) is 17.0 Å². The number of carboxylic acid groups (broad SMARTS) is 1. The zero-order valence-electron chi connectivity index (χ0n) is 15.8. The molecule has 0 aliphatic carbocycles. The molecule has 156 valence electrons. The van der Waals surface area contributed by atoms with Crippen molar-refractivity contribution in [2.45, 2.75) is 19.9 Å². The summed E-state index contributed by atoms with van der Waals surface area (Å²) in [7, 11) is 1.35. The number of carbonyl (C=O) groups excluding carboxylic acids is 3. The van der Waals surface area contributed by atoms with Gasteiger partial charge in [0.2, 0.25) is 0 Å². The van der Waals surface area contributed by atoms with Gasteiger partial charge in [0.15, 0.2) is 18.1 Å². The van der Waals surface area contributed by atoms with Gasteiger partial charge in [-0.15, -0.1) is 0 Å². The number of ether oxygens (including phenoxy) is 3. The second-order valence-corrected chi connectivity index (χ2v) is 7.10. The summed E-state index contributed by atoms with van der Waals surface area (Å²) in [6.07, 6.45) is 1.41. The van der Waals surface area contributed by atoms with Gasteiger partial charge in [0, 0.05) is 0 Å². The van der Waals surface area contributed by atoms with E-state index in [0.717, 1.165) is 4.90 Å². The van der Waals surface area contributed by atoms with Crippen LogP contribution in [-0.2, 0) is 19.1 Å². The lowest BCUT2D eigenvalue weighted by molar-refractivity contribution is -0.150. The lowest BCUT2D eigenvalue weighted by atomic mass is 10.1. The molecule has 1 aliphatic rings. The van der Waals surface area contributed by atoms with Crippen molar-refractivity contribution < 1.29 is 38.5 Å². The summed E-state index contributed by atoms with van der Waals surface area (Å²) in [5.41, 5.74) is 0.420. The van der Waals surface area contributed by atoms with E-state index in [4.69, 9.17) is 30.9 Å². The molecule has 1 fully saturated rings. The second-order valence-electron chi connectivity index (χ2n) is 5.70. The highest BCUT2D eigenvalue weighted by molar-refractivity contribution is 8.18. The summed E-state index contributed by atoms with van der Waals surface area (Å²) in [5, 5.41) is 8.21. The molecule has 1 atom stereocenters. The Labute approximate surface area is 175 Å². The van der Waals surface area contributed by atoms with Gasteiger partial charge in [-0.1, -0.05) is 11.6 Å². The SMILES string of the molecule is CCOC(=O)[C@H](C)N1C(=O)S/C(=C\c2cc(Cl)c(OCC(=O)O)c(OC)c2)C1=O. The van der Waals surface area contributed by atoms with Crippen LogP contribution >= 0.6 is 23.4 Å². The normalized spacial score (nSPS) is 16.1. The van der Waals surface area contributed by atoms with E-state index in [1.54, 1.807) is 6.92 Å². The van der Waals surface area contributed by atoms with Crippen molar-refractivity contribution in [2.24, 2.45) is 0 Å². The van der Waals surface area contributed by atoms with Crippen LogP contribution in [0.1, 0.15) is 19.4 Å². The van der Waals surface area contributed by atoms with Crippen molar-refractivity contribution in [3.63, 3.8) is 0 Å². The summed E-state index contributed by atoms with van der Waals surface area (Å²) in [4.78, 5) is 48.3. The van der Waals surface area contributed by atoms with Gasteiger partial charge in [0.05, 0.1) is 23.6 Å². The van der Waals surface area contributed by atoms with Crippen molar-refractivity contribution in [1.82, 2.24) is 4.90 Å². The maximum absolute atomic E-state index is 12.6. The zero-order valence-corrected chi connectivity index (χ0v) is 17.3. The number of nitrogens with zero attached hydrogens (tertiary/aromatic N) is 1. The van der Waals surface area contributed by atoms with Crippen LogP contribution in [-0.4, -0.2) is 59.5 Å². The largest absolute Gasteiger partial charge is 0.493 e. The molecule has 0 saturated carbocycles. The maximum Gasteiger partial charge on any atom is 0.341 e. The fourth-order valence-corrected chi connectivity index (χ4v) is 3.61. The average Bonchev–Trinajstić information content (AvgIpc) is 2.93. The van der Waals surface area contributed by atoms with Gasteiger partial charge in [0.1, 0.15) is 6.04 Å². The minimum absolute atomic E-state index is 0.0396. The number of carboxylic acids is 1. The number of halogens is 1. The molecular weight excluding hydrogens is 426 g/mol. The van der Waals surface area contributed by atoms with E-state index >= 15 is 0 Å². The number of aliphatic carboxylic acids is 1. The number of amides is 2. The molecule has 11 heteroatoms. The highest BCUT2D eigenvalue weighted by atomic mass is 35.5. The average molecular weight is 444 g/mol. The Bertz CT molecular complexity index is 885. The second kappa shape index (κ2) is 9.66. The Balaban J connectivity index is 2.31. The maximum atomic E-state index is 12.6. The van der Waals surface area contributed by atoms with Crippen molar-refractivity contribution in [3.8, 4) is 11.5 Å². The van der Waals surface area contributed by atoms with E-state index in [0.29, 0.717) is 17.3 Å². The molecule has 2 rings (SSSR count). The number of hydrogen-bond donors (Lipinski definition) is 1. The number of thioether (sulfide) groups is 1. The Morgan fingerprint density at radius 1 is 1.34 bits per heavy atom. The molecule has 1 aliphatic heterocycles. The van der Waals surface area contributed by atoms with Crippen LogP contribution in [0.2, 0.25) is 5.02 Å². The molecule has 1 saturated heterocycles. The fraction of sp³-hybridized carbons (Fsp3) is 0.333. The first-order chi connectivity index (χ1) is 13.7. The van der Waals surface area contributed by atoms with E-state index in [2.05, 4.69) is 0 Å². The summed E-state index contributed by atoms with van der Waals surface area (Å²) in [5.74, 6) is -2.30. The van der Waals surface area contributed by atoms with Crippen LogP contribution in [0.4, 0.5) is 4.79 Å². The van der Waals surface area contributed by atoms with Gasteiger partial charge < -0.3 is 19.3 Å². The number of carbonyl (C=O) groups is 4. The summed E-state index contributed by atoms with van der Waals surface area (Å²) >= 11 is 6.82. The highest BCUT2D eigenvalue weighted by Gasteiger charge is 2.41. The molecule has 1 aromatic carbocycles. The van der Waals surface area contributed by atoms with Crippen LogP contribution in [0.5, 0.6) is 11.5 Å². The van der Waals surface area contributed by atoms with Crippen molar-refractivity contribution >= 4 is 52.5 Å². The third-order valence-corrected chi connectivity index (χ3v) is 4.89. The van der Waals surface area contributed by atoms with Crippen LogP contribution in [0, 0.1) is 0 Å². The van der Waals surface area contributed by atoms with E-state index in [1.165, 1.54) is 32.2 Å². The molecule has 1 heterocycles. The Hall–Kier alpha value is -2.72. The lowest BCUT2D eigenvalue weighted by Crippen LogP contribution is -2.42. The summed E-state index contributed by atoms with van der Waals surface area (Å²) < 4.78 is 15.1. The Morgan fingerprint density at radius 2 is 2.03 bits per heavy atom. The molecule has 1 aromatic rings. The molecule has 0 radical (unpaired) electrons. The van der Waals surface area contributed by atoms with E-state index in [-0.39, 0.29) is 28.0 Å². The fourth-order valence-electron chi connectivity index (χ4n) is 2.43. The highest BCUT2D eigenvalue weighted by Crippen LogP contribution is 2.39. The minimum atomic E-state index is -1.18. The standard InChI is InChI=1S/C18H18ClNO8S/c1-4-27-17(24)9(2)20-16(23)13(29-18(20)25)7-10-5-11(19)15(12(6-10)26-3)28-8-14(21)22/h5-7,9H,4,8H2,1-3H3,(H,21,22)/b13-7-/t9-/m0/s1. The van der Waals surface area contributed by atoms with E-state index in [9.17, 15) is 19.2 Å². The van der Waals surface area contributed by atoms with Gasteiger partial charge >= 0.3 is 11.9 Å². The minimum Gasteiger partial charge on any atom is -0.493 e. The van der Waals surface area contributed by atoms with Crippen LogP contribution < -0.4 is 9.47 Å². The number of rotatable bonds is 8. The van der Waals surface area contributed by atoms with Gasteiger partial charge in [-0.05, 0) is 49.4 Å². The first kappa shape index (κ1) is 22.6.